The van der Waals surface area contributed by atoms with Crippen molar-refractivity contribution in [3.05, 3.63) is 17.3 Å². The molecule has 1 spiro atoms. The molecule has 1 saturated heterocycles. The fourth-order valence-electron chi connectivity index (χ4n) is 2.97. The predicted molar refractivity (Wildman–Crippen MR) is 92.9 cm³/mol. The lowest BCUT2D eigenvalue weighted by Crippen LogP contribution is -2.45. The van der Waals surface area contributed by atoms with Crippen molar-refractivity contribution in [2.75, 3.05) is 18.4 Å². The lowest BCUT2D eigenvalue weighted by Gasteiger charge is -2.36. The number of nitrogens with zero attached hydrogens (tertiary/aromatic N) is 3. The molecule has 0 radical (unpaired) electrons. The summed E-state index contributed by atoms with van der Waals surface area (Å²) >= 11 is 5.76. The smallest absolute Gasteiger partial charge is 0.411 e. The number of piperidine rings is 1. The number of hydrogen-bond acceptors (Lipinski definition) is 5. The van der Waals surface area contributed by atoms with Crippen LogP contribution < -0.4 is 5.32 Å². The molecule has 0 aromatic carbocycles. The van der Waals surface area contributed by atoms with E-state index in [9.17, 15) is 4.79 Å². The second-order valence-corrected chi connectivity index (χ2v) is 8.39. The minimum atomic E-state index is -0.503. The fourth-order valence-corrected chi connectivity index (χ4v) is 3.07. The molecular weight excluding hydrogens is 328 g/mol. The second kappa shape index (κ2) is 6.39. The Balaban J connectivity index is 1.61. The van der Waals surface area contributed by atoms with Crippen LogP contribution in [0.4, 0.5) is 10.6 Å². The van der Waals surface area contributed by atoms with Crippen molar-refractivity contribution in [2.45, 2.75) is 52.7 Å². The number of halogens is 1. The topological polar surface area (TPSA) is 67.4 Å². The van der Waals surface area contributed by atoms with Crippen LogP contribution in [0.2, 0.25) is 5.15 Å². The van der Waals surface area contributed by atoms with Crippen LogP contribution >= 0.6 is 11.6 Å². The van der Waals surface area contributed by atoms with Gasteiger partial charge in [0.1, 0.15) is 0 Å². The molecular formula is C17H25ClN4O2. The van der Waals surface area contributed by atoms with Crippen LogP contribution in [0.15, 0.2) is 12.1 Å². The Morgan fingerprint density at radius 1 is 1.25 bits per heavy atom. The van der Waals surface area contributed by atoms with Gasteiger partial charge < -0.3 is 15.0 Å². The zero-order valence-electron chi connectivity index (χ0n) is 14.5. The van der Waals surface area contributed by atoms with Crippen molar-refractivity contribution in [1.29, 1.82) is 0 Å². The molecule has 132 valence electrons. The average molecular weight is 353 g/mol. The van der Waals surface area contributed by atoms with E-state index in [-0.39, 0.29) is 11.5 Å². The number of ether oxygens (including phenoxy) is 1. The van der Waals surface area contributed by atoms with Gasteiger partial charge in [-0.1, -0.05) is 32.4 Å². The third kappa shape index (κ3) is 4.09. The molecule has 1 aliphatic carbocycles. The standard InChI is InChI=1S/C17H25ClN4O2/c1-16(2,3)14(19-13-5-4-12(18)20-21-13)24-15(23)22-10-8-17(6-7-17)9-11-22/h4-5,14H,6-11H2,1-3H3,(H,19,21). The minimum absolute atomic E-state index is 0.264. The highest BCUT2D eigenvalue weighted by Gasteiger charge is 2.45. The van der Waals surface area contributed by atoms with E-state index in [2.05, 4.69) is 15.5 Å². The largest absolute Gasteiger partial charge is 0.425 e. The zero-order valence-corrected chi connectivity index (χ0v) is 15.3. The van der Waals surface area contributed by atoms with Crippen LogP contribution in [0.3, 0.4) is 0 Å². The summed E-state index contributed by atoms with van der Waals surface area (Å²) in [5.41, 5.74) is 0.252. The number of amides is 1. The van der Waals surface area contributed by atoms with Crippen molar-refractivity contribution in [1.82, 2.24) is 15.1 Å². The molecule has 24 heavy (non-hydrogen) atoms. The molecule has 1 aromatic heterocycles. The molecule has 1 N–H and O–H groups in total. The van der Waals surface area contributed by atoms with E-state index in [0.29, 0.717) is 16.4 Å². The van der Waals surface area contributed by atoms with Gasteiger partial charge in [0.05, 0.1) is 0 Å². The molecule has 1 aliphatic heterocycles. The highest BCUT2D eigenvalue weighted by Crippen LogP contribution is 2.53. The molecule has 0 bridgehead atoms. The van der Waals surface area contributed by atoms with Gasteiger partial charge in [-0.2, -0.15) is 0 Å². The molecule has 3 rings (SSSR count). The number of carbonyl (C=O) groups excluding carboxylic acids is 1. The fraction of sp³-hybridized carbons (Fsp3) is 0.706. The summed E-state index contributed by atoms with van der Waals surface area (Å²) in [6.07, 6.45) is 4.06. The lowest BCUT2D eigenvalue weighted by molar-refractivity contribution is 0.0180. The first kappa shape index (κ1) is 17.3. The minimum Gasteiger partial charge on any atom is -0.425 e. The SMILES string of the molecule is CC(C)(C)C(Nc1ccc(Cl)nn1)OC(=O)N1CCC2(CC1)CC2. The van der Waals surface area contributed by atoms with Crippen LogP contribution in [-0.2, 0) is 4.74 Å². The molecule has 2 fully saturated rings. The van der Waals surface area contributed by atoms with E-state index in [4.69, 9.17) is 16.3 Å². The Morgan fingerprint density at radius 2 is 1.92 bits per heavy atom. The van der Waals surface area contributed by atoms with Crippen molar-refractivity contribution >= 4 is 23.5 Å². The van der Waals surface area contributed by atoms with Crippen molar-refractivity contribution in [3.63, 3.8) is 0 Å². The average Bonchev–Trinajstić information content (AvgIpc) is 3.27. The predicted octanol–water partition coefficient (Wildman–Crippen LogP) is 3.93. The normalized spacial score (nSPS) is 20.6. The molecule has 1 aromatic rings. The zero-order chi connectivity index (χ0) is 17.4. The molecule has 1 unspecified atom stereocenters. The molecule has 1 amide bonds. The molecule has 1 saturated carbocycles. The van der Waals surface area contributed by atoms with Crippen LogP contribution in [0.1, 0.15) is 46.5 Å². The van der Waals surface area contributed by atoms with Crippen LogP contribution in [0.5, 0.6) is 0 Å². The third-order valence-corrected chi connectivity index (χ3v) is 5.16. The van der Waals surface area contributed by atoms with Gasteiger partial charge in [0, 0.05) is 18.5 Å². The number of nitrogens with one attached hydrogen (secondary N) is 1. The van der Waals surface area contributed by atoms with E-state index >= 15 is 0 Å². The number of anilines is 1. The summed E-state index contributed by atoms with van der Waals surface area (Å²) in [6, 6.07) is 3.37. The summed E-state index contributed by atoms with van der Waals surface area (Å²) in [6.45, 7) is 7.61. The third-order valence-electron chi connectivity index (χ3n) is 4.96. The first-order valence-electron chi connectivity index (χ1n) is 8.49. The number of hydrogen-bond donors (Lipinski definition) is 1. The Morgan fingerprint density at radius 3 is 2.42 bits per heavy atom. The van der Waals surface area contributed by atoms with Gasteiger partial charge in [-0.25, -0.2) is 4.79 Å². The number of carbonyl (C=O) groups is 1. The van der Waals surface area contributed by atoms with Crippen LogP contribution in [-0.4, -0.2) is 40.5 Å². The highest BCUT2D eigenvalue weighted by molar-refractivity contribution is 6.29. The molecule has 2 heterocycles. The van der Waals surface area contributed by atoms with E-state index < -0.39 is 6.23 Å². The molecule has 1 atom stereocenters. The van der Waals surface area contributed by atoms with E-state index in [1.807, 2.05) is 25.7 Å². The van der Waals surface area contributed by atoms with Gasteiger partial charge in [-0.3, -0.25) is 0 Å². The quantitative estimate of drug-likeness (QED) is 0.835. The summed E-state index contributed by atoms with van der Waals surface area (Å²) in [7, 11) is 0. The maximum absolute atomic E-state index is 12.5. The van der Waals surface area contributed by atoms with Gasteiger partial charge >= 0.3 is 6.09 Å². The monoisotopic (exact) mass is 352 g/mol. The molecule has 7 heteroatoms. The van der Waals surface area contributed by atoms with E-state index in [1.165, 1.54) is 12.8 Å². The maximum atomic E-state index is 12.5. The first-order chi connectivity index (χ1) is 11.3. The molecule has 2 aliphatic rings. The van der Waals surface area contributed by atoms with Gasteiger partial charge in [-0.15, -0.1) is 10.2 Å². The Kier molecular flexibility index (Phi) is 4.60. The van der Waals surface area contributed by atoms with E-state index in [0.717, 1.165) is 25.9 Å². The van der Waals surface area contributed by atoms with Gasteiger partial charge in [0.2, 0.25) is 0 Å². The Bertz CT molecular complexity index is 586. The van der Waals surface area contributed by atoms with E-state index in [1.54, 1.807) is 12.1 Å². The summed E-state index contributed by atoms with van der Waals surface area (Å²) in [5, 5.41) is 11.3. The highest BCUT2D eigenvalue weighted by atomic mass is 35.5. The maximum Gasteiger partial charge on any atom is 0.411 e. The summed E-state index contributed by atoms with van der Waals surface area (Å²) < 4.78 is 5.75. The van der Waals surface area contributed by atoms with Gasteiger partial charge in [0.15, 0.2) is 17.2 Å². The van der Waals surface area contributed by atoms with Crippen LogP contribution in [0.25, 0.3) is 0 Å². The van der Waals surface area contributed by atoms with Gasteiger partial charge in [0.25, 0.3) is 0 Å². The summed E-state index contributed by atoms with van der Waals surface area (Å²) in [4.78, 5) is 14.4. The number of aromatic nitrogens is 2. The Labute approximate surface area is 147 Å². The van der Waals surface area contributed by atoms with Crippen molar-refractivity contribution in [3.8, 4) is 0 Å². The Hall–Kier alpha value is -1.56. The second-order valence-electron chi connectivity index (χ2n) is 8.00. The van der Waals surface area contributed by atoms with Gasteiger partial charge in [-0.05, 0) is 43.2 Å². The number of rotatable bonds is 3. The molecule has 6 nitrogen and oxygen atoms in total. The number of likely N-dealkylation sites (tertiary alicyclic amines) is 1. The van der Waals surface area contributed by atoms with Crippen molar-refractivity contribution in [2.24, 2.45) is 10.8 Å². The van der Waals surface area contributed by atoms with Crippen molar-refractivity contribution < 1.29 is 9.53 Å². The first-order valence-corrected chi connectivity index (χ1v) is 8.87. The summed E-state index contributed by atoms with van der Waals surface area (Å²) in [5.74, 6) is 0.530. The lowest BCUT2D eigenvalue weighted by atomic mass is 9.93. The van der Waals surface area contributed by atoms with Crippen LogP contribution in [0, 0.1) is 10.8 Å².